The van der Waals surface area contributed by atoms with Crippen molar-refractivity contribution in [2.75, 3.05) is 13.1 Å². The van der Waals surface area contributed by atoms with Crippen LogP contribution in [0.1, 0.15) is 59.2 Å². The van der Waals surface area contributed by atoms with Crippen LogP contribution in [0, 0.1) is 33.6 Å². The molecule has 1 aliphatic heterocycles. The van der Waals surface area contributed by atoms with Gasteiger partial charge in [-0.2, -0.15) is 0 Å². The maximum Gasteiger partial charge on any atom is 0.223 e. The maximum absolute atomic E-state index is 12.8. The Kier molecular flexibility index (Phi) is 6.56. The van der Waals surface area contributed by atoms with Crippen molar-refractivity contribution in [2.24, 2.45) is 5.92 Å². The van der Waals surface area contributed by atoms with Gasteiger partial charge in [0.2, 0.25) is 5.91 Å². The standard InChI is InChI=1S/C25H34N2O/c1-17-6-8-22(9-7-17)16-27-12-10-23(11-13-27)25(28)26-21(5)24-15-19(3)18(2)14-20(24)4/h6-9,14-15,21,23H,10-13,16H2,1-5H3,(H,26,28)/t21-/m1/s1. The summed E-state index contributed by atoms with van der Waals surface area (Å²) in [7, 11) is 0. The van der Waals surface area contributed by atoms with Gasteiger partial charge < -0.3 is 5.32 Å². The van der Waals surface area contributed by atoms with Gasteiger partial charge in [0.05, 0.1) is 6.04 Å². The molecule has 0 radical (unpaired) electrons. The van der Waals surface area contributed by atoms with Crippen molar-refractivity contribution in [3.05, 3.63) is 69.8 Å². The van der Waals surface area contributed by atoms with E-state index in [0.717, 1.165) is 32.5 Å². The van der Waals surface area contributed by atoms with E-state index in [0.29, 0.717) is 0 Å². The summed E-state index contributed by atoms with van der Waals surface area (Å²) in [5.41, 5.74) is 7.73. The lowest BCUT2D eigenvalue weighted by Crippen LogP contribution is -2.41. The van der Waals surface area contributed by atoms with Crippen LogP contribution in [0.2, 0.25) is 0 Å². The van der Waals surface area contributed by atoms with Gasteiger partial charge in [-0.05, 0) is 88.4 Å². The first-order valence-electron chi connectivity index (χ1n) is 10.5. The third-order valence-electron chi connectivity index (χ3n) is 6.19. The Morgan fingerprint density at radius 3 is 2.25 bits per heavy atom. The number of carbonyl (C=O) groups excluding carboxylic acids is 1. The molecule has 0 aromatic heterocycles. The van der Waals surface area contributed by atoms with Gasteiger partial charge in [0.15, 0.2) is 0 Å². The Morgan fingerprint density at radius 1 is 1.00 bits per heavy atom. The second-order valence-electron chi connectivity index (χ2n) is 8.56. The van der Waals surface area contributed by atoms with Gasteiger partial charge in [-0.1, -0.05) is 42.0 Å². The highest BCUT2D eigenvalue weighted by atomic mass is 16.1. The van der Waals surface area contributed by atoms with Crippen LogP contribution in [0.15, 0.2) is 36.4 Å². The number of benzene rings is 2. The van der Waals surface area contributed by atoms with Gasteiger partial charge in [-0.25, -0.2) is 0 Å². The van der Waals surface area contributed by atoms with Crippen LogP contribution >= 0.6 is 0 Å². The van der Waals surface area contributed by atoms with Gasteiger partial charge in [-0.15, -0.1) is 0 Å². The Hall–Kier alpha value is -2.13. The molecule has 1 atom stereocenters. The predicted octanol–water partition coefficient (Wildman–Crippen LogP) is 5.01. The number of piperidine rings is 1. The van der Waals surface area contributed by atoms with E-state index in [-0.39, 0.29) is 17.9 Å². The highest BCUT2D eigenvalue weighted by Gasteiger charge is 2.26. The summed E-state index contributed by atoms with van der Waals surface area (Å²) >= 11 is 0. The predicted molar refractivity (Wildman–Crippen MR) is 116 cm³/mol. The average molecular weight is 379 g/mol. The van der Waals surface area contributed by atoms with Crippen molar-refractivity contribution >= 4 is 5.91 Å². The van der Waals surface area contributed by atoms with Crippen molar-refractivity contribution in [2.45, 2.75) is 60.0 Å². The SMILES string of the molecule is Cc1ccc(CN2CCC(C(=O)N[C@H](C)c3cc(C)c(C)cc3C)CC2)cc1. The molecular formula is C25H34N2O. The molecule has 0 saturated carbocycles. The molecule has 1 amide bonds. The highest BCUT2D eigenvalue weighted by molar-refractivity contribution is 5.79. The lowest BCUT2D eigenvalue weighted by Gasteiger charge is -2.32. The first-order valence-corrected chi connectivity index (χ1v) is 10.5. The molecule has 0 bridgehead atoms. The van der Waals surface area contributed by atoms with Crippen molar-refractivity contribution in [3.8, 4) is 0 Å². The van der Waals surface area contributed by atoms with Crippen molar-refractivity contribution < 1.29 is 4.79 Å². The lowest BCUT2D eigenvalue weighted by molar-refractivity contribution is -0.127. The zero-order valence-corrected chi connectivity index (χ0v) is 18.0. The number of aryl methyl sites for hydroxylation is 4. The van der Waals surface area contributed by atoms with Crippen LogP contribution < -0.4 is 5.32 Å². The van der Waals surface area contributed by atoms with E-state index in [1.165, 1.54) is 33.4 Å². The summed E-state index contributed by atoms with van der Waals surface area (Å²) in [6.45, 7) is 13.6. The molecular weight excluding hydrogens is 344 g/mol. The van der Waals surface area contributed by atoms with E-state index in [2.05, 4.69) is 81.2 Å². The minimum Gasteiger partial charge on any atom is -0.349 e. The second-order valence-corrected chi connectivity index (χ2v) is 8.56. The fourth-order valence-corrected chi connectivity index (χ4v) is 4.16. The average Bonchev–Trinajstić information content (AvgIpc) is 2.67. The third-order valence-corrected chi connectivity index (χ3v) is 6.19. The quantitative estimate of drug-likeness (QED) is 0.793. The molecule has 1 N–H and O–H groups in total. The third kappa shape index (κ3) is 5.02. The van der Waals surface area contributed by atoms with Gasteiger partial charge in [0.25, 0.3) is 0 Å². The molecule has 1 fully saturated rings. The molecule has 2 aromatic rings. The number of rotatable bonds is 5. The molecule has 28 heavy (non-hydrogen) atoms. The van der Waals surface area contributed by atoms with Crippen molar-refractivity contribution in [1.29, 1.82) is 0 Å². The molecule has 0 unspecified atom stereocenters. The van der Waals surface area contributed by atoms with Crippen molar-refractivity contribution in [3.63, 3.8) is 0 Å². The Bertz CT molecular complexity index is 817. The normalized spacial score (nSPS) is 16.8. The molecule has 3 rings (SSSR count). The first-order chi connectivity index (χ1) is 13.3. The smallest absolute Gasteiger partial charge is 0.223 e. The Labute approximate surface area is 170 Å². The summed E-state index contributed by atoms with van der Waals surface area (Å²) in [4.78, 5) is 15.3. The van der Waals surface area contributed by atoms with Crippen molar-refractivity contribution in [1.82, 2.24) is 10.2 Å². The van der Waals surface area contributed by atoms with E-state index >= 15 is 0 Å². The molecule has 2 aromatic carbocycles. The summed E-state index contributed by atoms with van der Waals surface area (Å²) in [6, 6.07) is 13.3. The fourth-order valence-electron chi connectivity index (χ4n) is 4.16. The number of carbonyl (C=O) groups is 1. The minimum atomic E-state index is 0.0531. The zero-order valence-electron chi connectivity index (χ0n) is 18.0. The largest absolute Gasteiger partial charge is 0.349 e. The summed E-state index contributed by atoms with van der Waals surface area (Å²) in [6.07, 6.45) is 1.88. The number of amides is 1. The van der Waals surface area contributed by atoms with Crippen LogP contribution in [0.3, 0.4) is 0 Å². The molecule has 0 aliphatic carbocycles. The molecule has 150 valence electrons. The van der Waals surface area contributed by atoms with E-state index in [1.54, 1.807) is 0 Å². The molecule has 3 nitrogen and oxygen atoms in total. The first kappa shape index (κ1) is 20.6. The van der Waals surface area contributed by atoms with Gasteiger partial charge in [-0.3, -0.25) is 9.69 Å². The highest BCUT2D eigenvalue weighted by Crippen LogP contribution is 2.24. The minimum absolute atomic E-state index is 0.0531. The summed E-state index contributed by atoms with van der Waals surface area (Å²) in [5.74, 6) is 0.337. The van der Waals surface area contributed by atoms with E-state index < -0.39 is 0 Å². The van der Waals surface area contributed by atoms with Gasteiger partial charge >= 0.3 is 0 Å². The number of nitrogens with one attached hydrogen (secondary N) is 1. The number of hydrogen-bond donors (Lipinski definition) is 1. The van der Waals surface area contributed by atoms with Crippen LogP contribution in [0.4, 0.5) is 0 Å². The van der Waals surface area contributed by atoms with Crippen LogP contribution in [0.25, 0.3) is 0 Å². The van der Waals surface area contributed by atoms with Crippen LogP contribution in [-0.2, 0) is 11.3 Å². The zero-order chi connectivity index (χ0) is 20.3. The Morgan fingerprint density at radius 2 is 1.61 bits per heavy atom. The topological polar surface area (TPSA) is 32.3 Å². The van der Waals surface area contributed by atoms with Crippen LogP contribution in [-0.4, -0.2) is 23.9 Å². The number of likely N-dealkylation sites (tertiary alicyclic amines) is 1. The van der Waals surface area contributed by atoms with E-state index in [4.69, 9.17) is 0 Å². The summed E-state index contributed by atoms with van der Waals surface area (Å²) in [5, 5.41) is 3.27. The molecule has 1 heterocycles. The Balaban J connectivity index is 1.52. The number of hydrogen-bond acceptors (Lipinski definition) is 2. The lowest BCUT2D eigenvalue weighted by atomic mass is 9.93. The monoisotopic (exact) mass is 378 g/mol. The van der Waals surface area contributed by atoms with E-state index in [9.17, 15) is 4.79 Å². The van der Waals surface area contributed by atoms with E-state index in [1.807, 2.05) is 0 Å². The fraction of sp³-hybridized carbons (Fsp3) is 0.480. The maximum atomic E-state index is 12.8. The molecule has 1 saturated heterocycles. The van der Waals surface area contributed by atoms with Gasteiger partial charge in [0.1, 0.15) is 0 Å². The van der Waals surface area contributed by atoms with Crippen LogP contribution in [0.5, 0.6) is 0 Å². The number of nitrogens with zero attached hydrogens (tertiary/aromatic N) is 1. The summed E-state index contributed by atoms with van der Waals surface area (Å²) < 4.78 is 0. The molecule has 0 spiro atoms. The van der Waals surface area contributed by atoms with Gasteiger partial charge in [0, 0.05) is 12.5 Å². The molecule has 1 aliphatic rings. The second kappa shape index (κ2) is 8.91. The molecule has 3 heteroatoms.